The van der Waals surface area contributed by atoms with Gasteiger partial charge >= 0.3 is 5.97 Å². The van der Waals surface area contributed by atoms with Gasteiger partial charge in [-0.2, -0.15) is 0 Å². The fourth-order valence-electron chi connectivity index (χ4n) is 2.85. The van der Waals surface area contributed by atoms with Crippen LogP contribution in [0.1, 0.15) is 38.5 Å². The third-order valence-electron chi connectivity index (χ3n) is 3.74. The van der Waals surface area contributed by atoms with Gasteiger partial charge in [0.25, 0.3) is 0 Å². The standard InChI is InChI=1S/C12H21NO3/c14-12(15)11-4-2-1-3-7-13(11)10-5-8-16-9-6-10/h10-11H,1-9H2,(H,14,15)/t11-/m0/s1. The third kappa shape index (κ3) is 2.74. The Labute approximate surface area is 96.6 Å². The van der Waals surface area contributed by atoms with E-state index in [1.165, 1.54) is 6.42 Å². The number of likely N-dealkylation sites (tertiary alicyclic amines) is 1. The average Bonchev–Trinajstić information content (AvgIpc) is 2.55. The maximum absolute atomic E-state index is 11.3. The summed E-state index contributed by atoms with van der Waals surface area (Å²) in [6.07, 6.45) is 6.15. The summed E-state index contributed by atoms with van der Waals surface area (Å²) in [5.74, 6) is -0.645. The zero-order valence-corrected chi connectivity index (χ0v) is 9.73. The van der Waals surface area contributed by atoms with Gasteiger partial charge in [-0.15, -0.1) is 0 Å². The predicted octanol–water partition coefficient (Wildman–Crippen LogP) is 1.49. The molecule has 4 heteroatoms. The number of nitrogens with zero attached hydrogens (tertiary/aromatic N) is 1. The smallest absolute Gasteiger partial charge is 0.320 e. The molecule has 0 aromatic heterocycles. The quantitative estimate of drug-likeness (QED) is 0.776. The van der Waals surface area contributed by atoms with Crippen LogP contribution in [0, 0.1) is 0 Å². The minimum absolute atomic E-state index is 0.259. The number of carboxylic acid groups (broad SMARTS) is 1. The Bertz CT molecular complexity index is 238. The summed E-state index contributed by atoms with van der Waals surface area (Å²) < 4.78 is 5.34. The first-order chi connectivity index (χ1) is 7.79. The Morgan fingerprint density at radius 2 is 1.88 bits per heavy atom. The Balaban J connectivity index is 2.03. The molecule has 2 fully saturated rings. The van der Waals surface area contributed by atoms with Crippen molar-refractivity contribution in [3.8, 4) is 0 Å². The lowest BCUT2D eigenvalue weighted by Crippen LogP contribution is -2.49. The Morgan fingerprint density at radius 3 is 2.56 bits per heavy atom. The topological polar surface area (TPSA) is 49.8 Å². The maximum Gasteiger partial charge on any atom is 0.320 e. The molecule has 0 aromatic carbocycles. The highest BCUT2D eigenvalue weighted by molar-refractivity contribution is 5.73. The molecule has 0 saturated carbocycles. The van der Waals surface area contributed by atoms with Crippen molar-refractivity contribution in [3.05, 3.63) is 0 Å². The molecule has 0 spiro atoms. The molecule has 0 radical (unpaired) electrons. The predicted molar refractivity (Wildman–Crippen MR) is 60.4 cm³/mol. The zero-order chi connectivity index (χ0) is 11.4. The molecule has 0 unspecified atom stereocenters. The van der Waals surface area contributed by atoms with Gasteiger partial charge in [-0.25, -0.2) is 0 Å². The van der Waals surface area contributed by atoms with Crippen LogP contribution < -0.4 is 0 Å². The van der Waals surface area contributed by atoms with Crippen LogP contribution in [0.5, 0.6) is 0 Å². The Hall–Kier alpha value is -0.610. The second kappa shape index (κ2) is 5.64. The van der Waals surface area contributed by atoms with E-state index in [2.05, 4.69) is 4.90 Å². The van der Waals surface area contributed by atoms with Gasteiger partial charge in [0.15, 0.2) is 0 Å². The Kier molecular flexibility index (Phi) is 4.18. The zero-order valence-electron chi connectivity index (χ0n) is 9.73. The van der Waals surface area contributed by atoms with Crippen LogP contribution in [-0.4, -0.2) is 47.8 Å². The molecule has 0 aromatic rings. The molecule has 0 aliphatic carbocycles. The van der Waals surface area contributed by atoms with E-state index in [1.54, 1.807) is 0 Å². The highest BCUT2D eigenvalue weighted by Crippen LogP contribution is 2.24. The monoisotopic (exact) mass is 227 g/mol. The van der Waals surface area contributed by atoms with Crippen LogP contribution in [0.2, 0.25) is 0 Å². The molecule has 2 aliphatic rings. The average molecular weight is 227 g/mol. The summed E-state index contributed by atoms with van der Waals surface area (Å²) in [4.78, 5) is 13.5. The highest BCUT2D eigenvalue weighted by Gasteiger charge is 2.32. The van der Waals surface area contributed by atoms with Crippen molar-refractivity contribution in [3.63, 3.8) is 0 Å². The van der Waals surface area contributed by atoms with Crippen LogP contribution in [0.15, 0.2) is 0 Å². The fraction of sp³-hybridized carbons (Fsp3) is 0.917. The van der Waals surface area contributed by atoms with Crippen LogP contribution in [0.3, 0.4) is 0 Å². The van der Waals surface area contributed by atoms with Crippen molar-refractivity contribution >= 4 is 5.97 Å². The van der Waals surface area contributed by atoms with Gasteiger partial charge in [-0.3, -0.25) is 9.69 Å². The first-order valence-electron chi connectivity index (χ1n) is 6.35. The molecule has 2 rings (SSSR count). The van der Waals surface area contributed by atoms with Gasteiger partial charge in [0.1, 0.15) is 6.04 Å². The SMILES string of the molecule is O=C(O)[C@@H]1CCCCCN1C1CCOCC1. The first kappa shape index (κ1) is 11.9. The molecule has 92 valence electrons. The summed E-state index contributed by atoms with van der Waals surface area (Å²) in [5.41, 5.74) is 0. The van der Waals surface area contributed by atoms with Crippen LogP contribution in [-0.2, 0) is 9.53 Å². The lowest BCUT2D eigenvalue weighted by Gasteiger charge is -2.37. The van der Waals surface area contributed by atoms with Crippen molar-refractivity contribution in [2.45, 2.75) is 50.6 Å². The van der Waals surface area contributed by atoms with Crippen molar-refractivity contribution in [1.29, 1.82) is 0 Å². The molecule has 1 N–H and O–H groups in total. The van der Waals surface area contributed by atoms with E-state index in [0.29, 0.717) is 6.04 Å². The van der Waals surface area contributed by atoms with E-state index in [1.807, 2.05) is 0 Å². The number of ether oxygens (including phenoxy) is 1. The second-order valence-electron chi connectivity index (χ2n) is 4.78. The minimum atomic E-state index is -0.645. The summed E-state index contributed by atoms with van der Waals surface area (Å²) in [6, 6.07) is 0.165. The van der Waals surface area contributed by atoms with Crippen molar-refractivity contribution in [1.82, 2.24) is 4.90 Å². The van der Waals surface area contributed by atoms with E-state index in [-0.39, 0.29) is 6.04 Å². The number of hydrogen-bond donors (Lipinski definition) is 1. The third-order valence-corrected chi connectivity index (χ3v) is 3.74. The highest BCUT2D eigenvalue weighted by atomic mass is 16.5. The maximum atomic E-state index is 11.3. The van der Waals surface area contributed by atoms with Gasteiger partial charge in [-0.1, -0.05) is 12.8 Å². The number of hydrogen-bond acceptors (Lipinski definition) is 3. The lowest BCUT2D eigenvalue weighted by molar-refractivity contribution is -0.145. The van der Waals surface area contributed by atoms with Gasteiger partial charge in [-0.05, 0) is 32.2 Å². The molecule has 16 heavy (non-hydrogen) atoms. The molecule has 2 heterocycles. The lowest BCUT2D eigenvalue weighted by atomic mass is 10.0. The summed E-state index contributed by atoms with van der Waals surface area (Å²) in [7, 11) is 0. The van der Waals surface area contributed by atoms with Crippen LogP contribution >= 0.6 is 0 Å². The Morgan fingerprint density at radius 1 is 1.12 bits per heavy atom. The van der Waals surface area contributed by atoms with Gasteiger partial charge in [0.2, 0.25) is 0 Å². The van der Waals surface area contributed by atoms with Crippen molar-refractivity contribution in [2.75, 3.05) is 19.8 Å². The van der Waals surface area contributed by atoms with Crippen LogP contribution in [0.4, 0.5) is 0 Å². The fourth-order valence-corrected chi connectivity index (χ4v) is 2.85. The number of carbonyl (C=O) groups is 1. The molecule has 4 nitrogen and oxygen atoms in total. The molecule has 1 atom stereocenters. The summed E-state index contributed by atoms with van der Waals surface area (Å²) in [5, 5.41) is 9.29. The molecule has 0 amide bonds. The second-order valence-corrected chi connectivity index (χ2v) is 4.78. The van der Waals surface area contributed by atoms with E-state index in [0.717, 1.165) is 51.9 Å². The van der Waals surface area contributed by atoms with Gasteiger partial charge < -0.3 is 9.84 Å². The van der Waals surface area contributed by atoms with E-state index < -0.39 is 5.97 Å². The van der Waals surface area contributed by atoms with Gasteiger partial charge in [0, 0.05) is 19.3 Å². The molecule has 0 bridgehead atoms. The van der Waals surface area contributed by atoms with E-state index in [9.17, 15) is 9.90 Å². The van der Waals surface area contributed by atoms with E-state index in [4.69, 9.17) is 4.74 Å². The summed E-state index contributed by atoms with van der Waals surface area (Å²) >= 11 is 0. The molecular weight excluding hydrogens is 206 g/mol. The van der Waals surface area contributed by atoms with Gasteiger partial charge in [0.05, 0.1) is 0 Å². The van der Waals surface area contributed by atoms with Crippen LogP contribution in [0.25, 0.3) is 0 Å². The van der Waals surface area contributed by atoms with Crippen molar-refractivity contribution in [2.24, 2.45) is 0 Å². The number of rotatable bonds is 2. The summed E-state index contributed by atoms with van der Waals surface area (Å²) in [6.45, 7) is 2.52. The molecular formula is C12H21NO3. The first-order valence-corrected chi connectivity index (χ1v) is 6.35. The largest absolute Gasteiger partial charge is 0.480 e. The minimum Gasteiger partial charge on any atom is -0.480 e. The number of carboxylic acids is 1. The van der Waals surface area contributed by atoms with E-state index >= 15 is 0 Å². The molecule has 2 saturated heterocycles. The van der Waals surface area contributed by atoms with Crippen molar-refractivity contribution < 1.29 is 14.6 Å². The normalized spacial score (nSPS) is 29.9. The molecule has 2 aliphatic heterocycles. The number of aliphatic carboxylic acids is 1.